The monoisotopic (exact) mass is 358 g/mol. The van der Waals surface area contributed by atoms with Gasteiger partial charge in [0.25, 0.3) is 0 Å². The number of hydrogen-bond acceptors (Lipinski definition) is 5. The van der Waals surface area contributed by atoms with Gasteiger partial charge >= 0.3 is 6.03 Å². The number of urea groups is 1. The van der Waals surface area contributed by atoms with Crippen LogP contribution in [-0.4, -0.2) is 38.5 Å². The fourth-order valence-corrected chi connectivity index (χ4v) is 2.79. The Balaban J connectivity index is 1.57. The van der Waals surface area contributed by atoms with Crippen molar-refractivity contribution in [1.82, 2.24) is 5.32 Å². The number of carbonyl (C=O) groups is 1. The molecule has 138 valence electrons. The second-order valence-electron chi connectivity index (χ2n) is 5.88. The molecule has 2 aromatic carbocycles. The van der Waals surface area contributed by atoms with Crippen LogP contribution in [0.5, 0.6) is 17.2 Å². The second-order valence-corrected chi connectivity index (χ2v) is 5.88. The smallest absolute Gasteiger partial charge is 0.319 e. The molecule has 0 radical (unpaired) electrons. The first-order chi connectivity index (χ1) is 12.6. The van der Waals surface area contributed by atoms with Gasteiger partial charge in [-0.2, -0.15) is 0 Å². The summed E-state index contributed by atoms with van der Waals surface area (Å²) in [6, 6.07) is 10.2. The number of hydrogen-bond donors (Lipinski definition) is 3. The fourth-order valence-electron chi connectivity index (χ4n) is 2.79. The average Bonchev–Trinajstić information content (AvgIpc) is 3.14. The predicted molar refractivity (Wildman–Crippen MR) is 97.2 cm³/mol. The molecular weight excluding hydrogens is 336 g/mol. The van der Waals surface area contributed by atoms with E-state index in [1.165, 1.54) is 7.11 Å². The summed E-state index contributed by atoms with van der Waals surface area (Å²) in [5.74, 6) is 1.97. The van der Waals surface area contributed by atoms with E-state index in [1.54, 1.807) is 31.4 Å². The molecular formula is C19H22N2O5. The Kier molecular flexibility index (Phi) is 5.48. The standard InChI is InChI=1S/C19H22N2O5/c1-24-14-4-5-15(18(10-14)25-2)21-19(23)20-11-16(22)12-3-6-17-13(9-12)7-8-26-17/h3-6,9-10,16,22H,7-8,11H2,1-2H3,(H2,20,21,23). The van der Waals surface area contributed by atoms with E-state index in [2.05, 4.69) is 10.6 Å². The van der Waals surface area contributed by atoms with Crippen LogP contribution in [-0.2, 0) is 6.42 Å². The van der Waals surface area contributed by atoms with Crippen molar-refractivity contribution in [2.45, 2.75) is 12.5 Å². The van der Waals surface area contributed by atoms with Gasteiger partial charge in [-0.1, -0.05) is 6.07 Å². The predicted octanol–water partition coefficient (Wildman–Crippen LogP) is 2.49. The van der Waals surface area contributed by atoms with E-state index in [0.29, 0.717) is 23.8 Å². The number of anilines is 1. The summed E-state index contributed by atoms with van der Waals surface area (Å²) in [5, 5.41) is 15.7. The summed E-state index contributed by atoms with van der Waals surface area (Å²) in [4.78, 5) is 12.1. The first-order valence-electron chi connectivity index (χ1n) is 8.31. The number of carbonyl (C=O) groups excluding carboxylic acids is 1. The van der Waals surface area contributed by atoms with Crippen molar-refractivity contribution in [3.63, 3.8) is 0 Å². The molecule has 3 rings (SSSR count). The van der Waals surface area contributed by atoms with Gasteiger partial charge in [-0.15, -0.1) is 0 Å². The Labute approximate surface area is 151 Å². The Morgan fingerprint density at radius 1 is 1.23 bits per heavy atom. The molecule has 2 amide bonds. The van der Waals surface area contributed by atoms with E-state index in [1.807, 2.05) is 12.1 Å². The fraction of sp³-hybridized carbons (Fsp3) is 0.316. The highest BCUT2D eigenvalue weighted by Gasteiger charge is 2.16. The summed E-state index contributed by atoms with van der Waals surface area (Å²) in [6.45, 7) is 0.753. The average molecular weight is 358 g/mol. The molecule has 7 nitrogen and oxygen atoms in total. The van der Waals surface area contributed by atoms with Crippen molar-refractivity contribution in [3.8, 4) is 17.2 Å². The summed E-state index contributed by atoms with van der Waals surface area (Å²) in [5.41, 5.74) is 2.33. The molecule has 1 aliphatic rings. The van der Waals surface area contributed by atoms with Crippen LogP contribution in [0.3, 0.4) is 0 Å². The van der Waals surface area contributed by atoms with E-state index in [0.717, 1.165) is 23.3 Å². The van der Waals surface area contributed by atoms with Gasteiger partial charge < -0.3 is 30.0 Å². The maximum atomic E-state index is 12.1. The van der Waals surface area contributed by atoms with Gasteiger partial charge in [0.2, 0.25) is 0 Å². The van der Waals surface area contributed by atoms with Crippen molar-refractivity contribution < 1.29 is 24.1 Å². The van der Waals surface area contributed by atoms with E-state index >= 15 is 0 Å². The van der Waals surface area contributed by atoms with Crippen molar-refractivity contribution in [2.75, 3.05) is 32.7 Å². The molecule has 26 heavy (non-hydrogen) atoms. The molecule has 0 bridgehead atoms. The van der Waals surface area contributed by atoms with Gasteiger partial charge in [0.05, 0.1) is 32.6 Å². The first kappa shape index (κ1) is 17.9. The maximum absolute atomic E-state index is 12.1. The van der Waals surface area contributed by atoms with E-state index in [9.17, 15) is 9.90 Å². The summed E-state index contributed by atoms with van der Waals surface area (Å²) in [7, 11) is 3.07. The summed E-state index contributed by atoms with van der Waals surface area (Å²) >= 11 is 0. The van der Waals surface area contributed by atoms with Crippen molar-refractivity contribution in [1.29, 1.82) is 0 Å². The molecule has 0 saturated heterocycles. The number of fused-ring (bicyclic) bond motifs is 1. The largest absolute Gasteiger partial charge is 0.497 e. The van der Waals surface area contributed by atoms with Gasteiger partial charge in [-0.25, -0.2) is 4.79 Å². The maximum Gasteiger partial charge on any atom is 0.319 e. The zero-order chi connectivity index (χ0) is 18.5. The molecule has 1 atom stereocenters. The van der Waals surface area contributed by atoms with Crippen molar-refractivity contribution >= 4 is 11.7 Å². The highest BCUT2D eigenvalue weighted by Crippen LogP contribution is 2.29. The first-order valence-corrected chi connectivity index (χ1v) is 8.31. The molecule has 0 saturated carbocycles. The molecule has 7 heteroatoms. The minimum atomic E-state index is -0.801. The quantitative estimate of drug-likeness (QED) is 0.738. The number of nitrogens with one attached hydrogen (secondary N) is 2. The lowest BCUT2D eigenvalue weighted by Gasteiger charge is -2.15. The SMILES string of the molecule is COc1ccc(NC(=O)NCC(O)c2ccc3c(c2)CCO3)c(OC)c1. The highest BCUT2D eigenvalue weighted by atomic mass is 16.5. The number of aliphatic hydroxyl groups excluding tert-OH is 1. The molecule has 0 aromatic heterocycles. The van der Waals surface area contributed by atoms with Gasteiger partial charge in [0.15, 0.2) is 0 Å². The zero-order valence-corrected chi connectivity index (χ0v) is 14.7. The Morgan fingerprint density at radius 2 is 2.08 bits per heavy atom. The number of rotatable bonds is 6. The third-order valence-corrected chi connectivity index (χ3v) is 4.21. The van der Waals surface area contributed by atoms with Crippen LogP contribution in [0.4, 0.5) is 10.5 Å². The van der Waals surface area contributed by atoms with E-state index in [-0.39, 0.29) is 6.54 Å². The topological polar surface area (TPSA) is 89.1 Å². The Morgan fingerprint density at radius 3 is 2.85 bits per heavy atom. The van der Waals surface area contributed by atoms with Gasteiger partial charge in [-0.3, -0.25) is 0 Å². The van der Waals surface area contributed by atoms with Crippen LogP contribution >= 0.6 is 0 Å². The minimum Gasteiger partial charge on any atom is -0.497 e. The highest BCUT2D eigenvalue weighted by molar-refractivity contribution is 5.91. The van der Waals surface area contributed by atoms with E-state index < -0.39 is 12.1 Å². The second kappa shape index (κ2) is 7.97. The number of benzene rings is 2. The van der Waals surface area contributed by atoms with Gasteiger partial charge in [0.1, 0.15) is 17.2 Å². The van der Waals surface area contributed by atoms with Crippen LogP contribution in [0.15, 0.2) is 36.4 Å². The van der Waals surface area contributed by atoms with Crippen LogP contribution in [0.25, 0.3) is 0 Å². The van der Waals surface area contributed by atoms with Crippen molar-refractivity contribution in [2.24, 2.45) is 0 Å². The number of amides is 2. The lowest BCUT2D eigenvalue weighted by molar-refractivity contribution is 0.175. The molecule has 2 aromatic rings. The zero-order valence-electron chi connectivity index (χ0n) is 14.7. The number of ether oxygens (including phenoxy) is 3. The number of aliphatic hydroxyl groups is 1. The molecule has 1 heterocycles. The van der Waals surface area contributed by atoms with Crippen LogP contribution in [0.2, 0.25) is 0 Å². The van der Waals surface area contributed by atoms with Crippen LogP contribution in [0, 0.1) is 0 Å². The Bertz CT molecular complexity index is 793. The summed E-state index contributed by atoms with van der Waals surface area (Å²) < 4.78 is 15.8. The van der Waals surface area contributed by atoms with Crippen molar-refractivity contribution in [3.05, 3.63) is 47.5 Å². The molecule has 1 unspecified atom stereocenters. The molecule has 1 aliphatic heterocycles. The van der Waals surface area contributed by atoms with Gasteiger partial charge in [-0.05, 0) is 35.4 Å². The third-order valence-electron chi connectivity index (χ3n) is 4.21. The molecule has 0 spiro atoms. The lowest BCUT2D eigenvalue weighted by Crippen LogP contribution is -2.32. The lowest BCUT2D eigenvalue weighted by atomic mass is 10.0. The summed E-state index contributed by atoms with van der Waals surface area (Å²) in [6.07, 6.45) is 0.0329. The van der Waals surface area contributed by atoms with Crippen LogP contribution < -0.4 is 24.8 Å². The van der Waals surface area contributed by atoms with E-state index in [4.69, 9.17) is 14.2 Å². The molecule has 0 aliphatic carbocycles. The normalized spacial score (nSPS) is 13.3. The third kappa shape index (κ3) is 4.00. The Hall–Kier alpha value is -2.93. The van der Waals surface area contributed by atoms with Crippen LogP contribution in [0.1, 0.15) is 17.2 Å². The molecule has 0 fully saturated rings. The number of methoxy groups -OCH3 is 2. The van der Waals surface area contributed by atoms with Gasteiger partial charge in [0, 0.05) is 19.0 Å². The molecule has 3 N–H and O–H groups in total. The minimum absolute atomic E-state index is 0.0872.